The Morgan fingerprint density at radius 3 is 1.17 bits per heavy atom. The Bertz CT molecular complexity index is 1350. The number of rotatable bonds is 58. The summed E-state index contributed by atoms with van der Waals surface area (Å²) in [5.74, 6) is -0.181. The molecule has 77 heavy (non-hydrogen) atoms. The Morgan fingerprint density at radius 1 is 0.442 bits per heavy atom. The fraction of sp³-hybridized carbons (Fsp3) is 0.868. The van der Waals surface area contributed by atoms with Gasteiger partial charge in [-0.05, 0) is 64.2 Å². The average Bonchev–Trinajstić information content (AvgIpc) is 3.43. The second kappa shape index (κ2) is 57.4. The molecule has 0 bridgehead atoms. The number of carbonyl (C=O) groups excluding carboxylic acids is 1. The highest BCUT2D eigenvalue weighted by atomic mass is 16.7. The van der Waals surface area contributed by atoms with Crippen LogP contribution >= 0.6 is 0 Å². The summed E-state index contributed by atoms with van der Waals surface area (Å²) in [6, 6.07) is -0.822. The molecule has 6 N–H and O–H groups in total. The van der Waals surface area contributed by atoms with E-state index in [4.69, 9.17) is 9.47 Å². The number of amides is 1. The number of aliphatic hydroxyl groups excluding tert-OH is 5. The van der Waals surface area contributed by atoms with Gasteiger partial charge in [0.05, 0.1) is 25.4 Å². The van der Waals surface area contributed by atoms with E-state index < -0.39 is 49.5 Å². The van der Waals surface area contributed by atoms with Gasteiger partial charge in [-0.3, -0.25) is 4.79 Å². The highest BCUT2D eigenvalue weighted by Crippen LogP contribution is 2.23. The molecule has 0 aromatic heterocycles. The molecule has 1 saturated heterocycles. The molecule has 9 heteroatoms. The van der Waals surface area contributed by atoms with Gasteiger partial charge in [0.2, 0.25) is 5.91 Å². The lowest BCUT2D eigenvalue weighted by molar-refractivity contribution is -0.302. The SMILES string of the molecule is CCCCCCC/C=C\C/C=C\CCCCCCCCCCCCCCCCCCCCCC(=O)NC(COC1OC(CO)C(O)C(O)C1O)C(O)/C=C/CC/C=C/CCCCCCCCCCCCCCCCCCC. The number of aliphatic hydroxyl groups is 5. The number of hydrogen-bond donors (Lipinski definition) is 6. The maximum atomic E-state index is 13.1. The fourth-order valence-corrected chi connectivity index (χ4v) is 10.6. The average molecular weight is 1090 g/mol. The number of hydrogen-bond acceptors (Lipinski definition) is 8. The van der Waals surface area contributed by atoms with E-state index in [1.54, 1.807) is 6.08 Å². The van der Waals surface area contributed by atoms with E-state index in [9.17, 15) is 30.3 Å². The normalized spacial score (nSPS) is 19.0. The Balaban J connectivity index is 2.15. The van der Waals surface area contributed by atoms with E-state index in [2.05, 4.69) is 55.6 Å². The first-order valence-corrected chi connectivity index (χ1v) is 33.4. The molecule has 0 aliphatic carbocycles. The van der Waals surface area contributed by atoms with E-state index in [1.807, 2.05) is 6.08 Å². The van der Waals surface area contributed by atoms with Gasteiger partial charge >= 0.3 is 0 Å². The highest BCUT2D eigenvalue weighted by molar-refractivity contribution is 5.76. The van der Waals surface area contributed by atoms with Crippen LogP contribution in [-0.2, 0) is 14.3 Å². The number of nitrogens with one attached hydrogen (secondary N) is 1. The summed E-state index contributed by atoms with van der Waals surface area (Å²) in [7, 11) is 0. The molecule has 1 amide bonds. The molecule has 452 valence electrons. The van der Waals surface area contributed by atoms with Crippen LogP contribution in [0.5, 0.6) is 0 Å². The van der Waals surface area contributed by atoms with Crippen LogP contribution < -0.4 is 5.32 Å². The summed E-state index contributed by atoms with van der Waals surface area (Å²) < 4.78 is 11.3. The zero-order valence-corrected chi connectivity index (χ0v) is 50.5. The summed E-state index contributed by atoms with van der Waals surface area (Å²) in [6.45, 7) is 3.79. The number of allylic oxidation sites excluding steroid dienone is 7. The zero-order chi connectivity index (χ0) is 55.8. The molecule has 0 aromatic carbocycles. The quantitative estimate of drug-likeness (QED) is 0.0261. The third-order valence-electron chi connectivity index (χ3n) is 15.9. The van der Waals surface area contributed by atoms with Gasteiger partial charge in [0, 0.05) is 6.42 Å². The van der Waals surface area contributed by atoms with Gasteiger partial charge in [0.1, 0.15) is 24.4 Å². The fourth-order valence-electron chi connectivity index (χ4n) is 10.6. The van der Waals surface area contributed by atoms with Crippen molar-refractivity contribution in [3.63, 3.8) is 0 Å². The largest absolute Gasteiger partial charge is 0.394 e. The van der Waals surface area contributed by atoms with Crippen LogP contribution in [0.15, 0.2) is 48.6 Å². The van der Waals surface area contributed by atoms with Crippen molar-refractivity contribution < 1.29 is 39.8 Å². The first-order valence-electron chi connectivity index (χ1n) is 33.4. The van der Waals surface area contributed by atoms with Crippen molar-refractivity contribution in [2.75, 3.05) is 13.2 Å². The van der Waals surface area contributed by atoms with Crippen molar-refractivity contribution in [1.29, 1.82) is 0 Å². The predicted octanol–water partition coefficient (Wildman–Crippen LogP) is 17.6. The summed E-state index contributed by atoms with van der Waals surface area (Å²) in [4.78, 5) is 13.1. The van der Waals surface area contributed by atoms with Crippen molar-refractivity contribution in [2.45, 2.75) is 365 Å². The molecule has 9 nitrogen and oxygen atoms in total. The summed E-state index contributed by atoms with van der Waals surface area (Å²) in [5, 5.41) is 54.7. The van der Waals surface area contributed by atoms with Crippen LogP contribution in [0.1, 0.15) is 322 Å². The molecule has 7 atom stereocenters. The van der Waals surface area contributed by atoms with Gasteiger partial charge in [0.25, 0.3) is 0 Å². The minimum absolute atomic E-state index is 0.181. The third kappa shape index (κ3) is 46.5. The van der Waals surface area contributed by atoms with E-state index in [1.165, 1.54) is 257 Å². The van der Waals surface area contributed by atoms with E-state index in [0.717, 1.165) is 44.9 Å². The molecule has 0 radical (unpaired) electrons. The van der Waals surface area contributed by atoms with Crippen LogP contribution in [0.4, 0.5) is 0 Å². The molecule has 0 aromatic rings. The Morgan fingerprint density at radius 2 is 0.779 bits per heavy atom. The lowest BCUT2D eigenvalue weighted by Gasteiger charge is -2.40. The Kier molecular flexibility index (Phi) is 54.5. The topological polar surface area (TPSA) is 149 Å². The second-order valence-electron chi connectivity index (χ2n) is 23.3. The van der Waals surface area contributed by atoms with Crippen molar-refractivity contribution in [1.82, 2.24) is 5.32 Å². The first kappa shape index (κ1) is 73.2. The Hall–Kier alpha value is -1.85. The standard InChI is InChI=1S/C68H127NO8/c1-3-5-7-9-11-13-15-17-19-21-23-25-27-28-29-30-31-32-33-34-36-38-40-42-44-46-48-50-52-54-56-58-64(72)69-61(60-76-68-67(75)66(74)65(73)63(59-70)77-68)62(71)57-55-53-51-49-47-45-43-41-39-37-35-26-24-22-20-18-16-14-12-10-8-6-4-2/h15,17,21,23,47,49,55,57,61-63,65-68,70-71,73-75H,3-14,16,18-20,22,24-46,48,50-54,56,58-60H2,1-2H3,(H,69,72)/b17-15-,23-21-,49-47+,57-55+. The minimum atomic E-state index is -1.57. The maximum Gasteiger partial charge on any atom is 0.220 e. The number of carbonyl (C=O) groups is 1. The number of ether oxygens (including phenoxy) is 2. The molecule has 0 spiro atoms. The zero-order valence-electron chi connectivity index (χ0n) is 50.5. The van der Waals surface area contributed by atoms with Crippen LogP contribution in [0, 0.1) is 0 Å². The smallest absolute Gasteiger partial charge is 0.220 e. The molecule has 0 saturated carbocycles. The van der Waals surface area contributed by atoms with E-state index >= 15 is 0 Å². The van der Waals surface area contributed by atoms with Gasteiger partial charge in [-0.25, -0.2) is 0 Å². The molecule has 1 fully saturated rings. The van der Waals surface area contributed by atoms with Crippen LogP contribution in [-0.4, -0.2) is 87.5 Å². The monoisotopic (exact) mass is 1090 g/mol. The lowest BCUT2D eigenvalue weighted by atomic mass is 9.99. The Labute approximate surface area is 475 Å². The van der Waals surface area contributed by atoms with Gasteiger partial charge in [-0.2, -0.15) is 0 Å². The summed E-state index contributed by atoms with van der Waals surface area (Å²) in [5.41, 5.74) is 0. The van der Waals surface area contributed by atoms with Gasteiger partial charge in [-0.15, -0.1) is 0 Å². The van der Waals surface area contributed by atoms with E-state index in [0.29, 0.717) is 6.42 Å². The van der Waals surface area contributed by atoms with Crippen molar-refractivity contribution >= 4 is 5.91 Å². The highest BCUT2D eigenvalue weighted by Gasteiger charge is 2.44. The summed E-state index contributed by atoms with van der Waals surface area (Å²) >= 11 is 0. The molecule has 1 rings (SSSR count). The lowest BCUT2D eigenvalue weighted by Crippen LogP contribution is -2.60. The predicted molar refractivity (Wildman–Crippen MR) is 327 cm³/mol. The second-order valence-corrected chi connectivity index (χ2v) is 23.3. The molecular weight excluding hydrogens is 959 g/mol. The molecular formula is C68H127NO8. The number of unbranched alkanes of at least 4 members (excludes halogenated alkanes) is 42. The van der Waals surface area contributed by atoms with E-state index in [-0.39, 0.29) is 12.5 Å². The van der Waals surface area contributed by atoms with Crippen molar-refractivity contribution in [3.8, 4) is 0 Å². The van der Waals surface area contributed by atoms with Crippen LogP contribution in [0.2, 0.25) is 0 Å². The molecule has 1 aliphatic heterocycles. The minimum Gasteiger partial charge on any atom is -0.394 e. The van der Waals surface area contributed by atoms with Gasteiger partial charge in [-0.1, -0.05) is 300 Å². The van der Waals surface area contributed by atoms with Gasteiger partial charge < -0.3 is 40.3 Å². The first-order chi connectivity index (χ1) is 37.8. The van der Waals surface area contributed by atoms with Gasteiger partial charge in [0.15, 0.2) is 6.29 Å². The summed E-state index contributed by atoms with van der Waals surface area (Å²) in [6.07, 6.45) is 70.6. The van der Waals surface area contributed by atoms with Crippen molar-refractivity contribution in [2.24, 2.45) is 0 Å². The maximum absolute atomic E-state index is 13.1. The van der Waals surface area contributed by atoms with Crippen molar-refractivity contribution in [3.05, 3.63) is 48.6 Å². The third-order valence-corrected chi connectivity index (χ3v) is 15.9. The molecule has 1 heterocycles. The molecule has 7 unspecified atom stereocenters. The van der Waals surface area contributed by atoms with Crippen LogP contribution in [0.3, 0.4) is 0 Å². The van der Waals surface area contributed by atoms with Crippen LogP contribution in [0.25, 0.3) is 0 Å². The molecule has 1 aliphatic rings.